The van der Waals surface area contributed by atoms with Gasteiger partial charge in [0.15, 0.2) is 11.6 Å². The fraction of sp³-hybridized carbons (Fsp3) is 0.370. The van der Waals surface area contributed by atoms with E-state index in [1.807, 2.05) is 57.5 Å². The van der Waals surface area contributed by atoms with Crippen LogP contribution in [0.25, 0.3) is 21.7 Å². The van der Waals surface area contributed by atoms with E-state index >= 15 is 0 Å². The average molecular weight is 890 g/mol. The van der Waals surface area contributed by atoms with Gasteiger partial charge in [-0.05, 0) is 54.2 Å². The van der Waals surface area contributed by atoms with E-state index in [2.05, 4.69) is 42.6 Å². The van der Waals surface area contributed by atoms with Gasteiger partial charge in [0, 0.05) is 30.8 Å². The third-order valence-electron chi connectivity index (χ3n) is 10.7. The number of aliphatic hydroxyl groups is 1. The minimum Gasteiger partial charge on any atom is -0.507 e. The highest BCUT2D eigenvalue weighted by atomic mass is 32.1. The molecule has 64 heavy (non-hydrogen) atoms. The molecule has 0 aliphatic carbocycles. The van der Waals surface area contributed by atoms with E-state index < -0.39 is 18.1 Å². The summed E-state index contributed by atoms with van der Waals surface area (Å²) in [5.41, 5.74) is 12.9. The molecule has 0 saturated carbocycles. The number of nitrogens with two attached hydrogens (primary N) is 1. The van der Waals surface area contributed by atoms with Crippen LogP contribution in [0.4, 0.5) is 5.82 Å². The van der Waals surface area contributed by atoms with E-state index in [4.69, 9.17) is 24.5 Å². The van der Waals surface area contributed by atoms with Gasteiger partial charge in [-0.25, -0.2) is 4.98 Å². The lowest BCUT2D eigenvalue weighted by Crippen LogP contribution is -2.48. The maximum Gasteiger partial charge on any atom is 0.254 e. The molecule has 1 aliphatic rings. The molecule has 4 aromatic heterocycles. The smallest absolute Gasteiger partial charge is 0.254 e. The van der Waals surface area contributed by atoms with Crippen LogP contribution in [0.1, 0.15) is 67.3 Å². The molecule has 2 amide bonds. The van der Waals surface area contributed by atoms with Crippen LogP contribution in [-0.4, -0.2) is 109 Å². The fourth-order valence-electron chi connectivity index (χ4n) is 7.30. The first-order valence-corrected chi connectivity index (χ1v) is 21.8. The summed E-state index contributed by atoms with van der Waals surface area (Å²) in [6.07, 6.45) is 2.73. The second kappa shape index (κ2) is 21.1. The molecule has 1 saturated heterocycles. The Morgan fingerprint density at radius 1 is 1.02 bits per heavy atom. The number of aryl methyl sites for hydroxylation is 1. The van der Waals surface area contributed by atoms with Gasteiger partial charge in [0.2, 0.25) is 11.8 Å². The van der Waals surface area contributed by atoms with Gasteiger partial charge in [0.05, 0.1) is 84.2 Å². The summed E-state index contributed by atoms with van der Waals surface area (Å²) in [4.78, 5) is 34.6. The first kappa shape index (κ1) is 45.4. The highest BCUT2D eigenvalue weighted by Crippen LogP contribution is 2.33. The molecule has 6 aromatic rings. The van der Waals surface area contributed by atoms with Crippen molar-refractivity contribution in [2.24, 2.45) is 5.92 Å². The van der Waals surface area contributed by atoms with Gasteiger partial charge in [-0.1, -0.05) is 62.1 Å². The summed E-state index contributed by atoms with van der Waals surface area (Å²) >= 11 is 1.58. The number of nitrogens with zero attached hydrogens (tertiary/aromatic N) is 7. The summed E-state index contributed by atoms with van der Waals surface area (Å²) in [7, 11) is 0. The zero-order valence-electron chi connectivity index (χ0n) is 36.0. The second-order valence-electron chi connectivity index (χ2n) is 15.7. The predicted octanol–water partition coefficient (Wildman–Crippen LogP) is 5.14. The van der Waals surface area contributed by atoms with Crippen molar-refractivity contribution < 1.29 is 38.5 Å². The van der Waals surface area contributed by atoms with Crippen molar-refractivity contribution in [1.82, 2.24) is 40.3 Å². The molecule has 2 aromatic carbocycles. The van der Waals surface area contributed by atoms with Gasteiger partial charge in [0.1, 0.15) is 24.3 Å². The molecule has 4 atom stereocenters. The number of carbonyl (C=O) groups is 2. The van der Waals surface area contributed by atoms with Crippen LogP contribution in [0.3, 0.4) is 0 Å². The topological polar surface area (TPSA) is 226 Å². The van der Waals surface area contributed by atoms with Crippen molar-refractivity contribution >= 4 is 29.0 Å². The summed E-state index contributed by atoms with van der Waals surface area (Å²) in [6.45, 7) is 9.73. The zero-order valence-corrected chi connectivity index (χ0v) is 36.8. The Bertz CT molecular complexity index is 2580. The van der Waals surface area contributed by atoms with Crippen LogP contribution in [0.2, 0.25) is 0 Å². The van der Waals surface area contributed by atoms with Crippen LogP contribution >= 0.6 is 11.3 Å². The molecule has 1 aliphatic heterocycles. The largest absolute Gasteiger partial charge is 0.507 e. The van der Waals surface area contributed by atoms with E-state index in [0.717, 1.165) is 21.7 Å². The summed E-state index contributed by atoms with van der Waals surface area (Å²) in [5.74, 6) is 5.20. The molecule has 0 bridgehead atoms. The van der Waals surface area contributed by atoms with E-state index in [1.165, 1.54) is 4.90 Å². The summed E-state index contributed by atoms with van der Waals surface area (Å²) in [6, 6.07) is 16.9. The monoisotopic (exact) mass is 889 g/mol. The van der Waals surface area contributed by atoms with Gasteiger partial charge in [0.25, 0.3) is 5.88 Å². The number of aromatic hydroxyl groups is 1. The quantitative estimate of drug-likeness (QED) is 0.0648. The van der Waals surface area contributed by atoms with Crippen LogP contribution in [-0.2, 0) is 25.6 Å². The number of amides is 2. The molecule has 17 nitrogen and oxygen atoms in total. The number of benzene rings is 2. The number of carbonyl (C=O) groups excluding carboxylic acids is 2. The number of para-hydroxylation sites is 1. The molecular formula is C46H51N9O8S. The number of phenolic OH excluding ortho intramolecular Hbond substituents is 1. The fourth-order valence-corrected chi connectivity index (χ4v) is 8.11. The molecule has 1 fully saturated rings. The Balaban J connectivity index is 0.816. The normalized spacial score (nSPS) is 15.8. The standard InChI is InChI=1S/C46H51N9O8S/c1-28(2)42(46(59)55-26-35(56)22-38(55)45(58)50-29(3)32-11-13-33(14-12-32)43-30(4)48-27-64-43)40-23-41(53-63-40)62-20-19-61-18-17-60-16-15-54-25-31(24-49-54)9-10-34-21-37(51-52-44(34)47)36-7-5-6-8-39(36)57/h5-8,11-14,21,23-25,27-29,35,38,42,56-57H,15-20,22,26H2,1-4H3,(H2,47,52)(H,50,58)/t29-,35+,38-,42+/m0/s1. The van der Waals surface area contributed by atoms with Gasteiger partial charge in [-0.15, -0.1) is 21.5 Å². The number of β-amino-alcohol motifs (C(OH)–C–C–N with tert-alkyl or cyclic N) is 1. The first-order chi connectivity index (χ1) is 30.9. The zero-order chi connectivity index (χ0) is 45.2. The molecular weight excluding hydrogens is 839 g/mol. The maximum absolute atomic E-state index is 14.1. The van der Waals surface area contributed by atoms with Crippen molar-refractivity contribution in [1.29, 1.82) is 0 Å². The molecule has 7 rings (SSSR count). The van der Waals surface area contributed by atoms with Gasteiger partial charge < -0.3 is 44.9 Å². The number of nitrogens with one attached hydrogen (secondary N) is 1. The Morgan fingerprint density at radius 3 is 2.53 bits per heavy atom. The Labute approximate surface area is 374 Å². The van der Waals surface area contributed by atoms with Crippen molar-refractivity contribution in [3.8, 4) is 45.2 Å². The minimum atomic E-state index is -0.848. The van der Waals surface area contributed by atoms with E-state index in [-0.39, 0.29) is 67.4 Å². The van der Waals surface area contributed by atoms with Gasteiger partial charge in [-0.3, -0.25) is 14.3 Å². The molecule has 5 N–H and O–H groups in total. The highest BCUT2D eigenvalue weighted by molar-refractivity contribution is 7.13. The van der Waals surface area contributed by atoms with E-state index in [1.54, 1.807) is 64.8 Å². The van der Waals surface area contributed by atoms with Crippen molar-refractivity contribution in [3.63, 3.8) is 0 Å². The number of phenols is 1. The van der Waals surface area contributed by atoms with Gasteiger partial charge in [-0.2, -0.15) is 5.10 Å². The average Bonchev–Trinajstić information content (AvgIpc) is 4.11. The number of aromatic nitrogens is 6. The third kappa shape index (κ3) is 11.3. The molecule has 0 spiro atoms. The maximum atomic E-state index is 14.1. The number of rotatable bonds is 18. The number of likely N-dealkylation sites (tertiary alicyclic amines) is 1. The van der Waals surface area contributed by atoms with E-state index in [0.29, 0.717) is 54.5 Å². The molecule has 18 heteroatoms. The molecule has 0 unspecified atom stereocenters. The summed E-state index contributed by atoms with van der Waals surface area (Å²) in [5, 5.41) is 40.3. The lowest BCUT2D eigenvalue weighted by atomic mass is 9.91. The molecule has 5 heterocycles. The third-order valence-corrected chi connectivity index (χ3v) is 11.7. The lowest BCUT2D eigenvalue weighted by molar-refractivity contribution is -0.141. The predicted molar refractivity (Wildman–Crippen MR) is 238 cm³/mol. The van der Waals surface area contributed by atoms with Crippen molar-refractivity contribution in [2.75, 3.05) is 45.3 Å². The van der Waals surface area contributed by atoms with Crippen LogP contribution < -0.4 is 15.8 Å². The summed E-state index contributed by atoms with van der Waals surface area (Å²) < 4.78 is 24.4. The van der Waals surface area contributed by atoms with Crippen molar-refractivity contribution in [3.05, 3.63) is 107 Å². The van der Waals surface area contributed by atoms with Crippen molar-refractivity contribution in [2.45, 2.75) is 64.8 Å². The van der Waals surface area contributed by atoms with Gasteiger partial charge >= 0.3 is 0 Å². The molecule has 0 radical (unpaired) electrons. The number of ether oxygens (including phenoxy) is 3. The Kier molecular flexibility index (Phi) is 15.0. The number of nitrogen functional groups attached to an aromatic ring is 1. The first-order valence-electron chi connectivity index (χ1n) is 21.0. The minimum absolute atomic E-state index is 0.0303. The number of aliphatic hydroxyl groups excluding tert-OH is 1. The molecule has 334 valence electrons. The number of anilines is 1. The van der Waals surface area contributed by atoms with E-state index in [9.17, 15) is 19.8 Å². The van der Waals surface area contributed by atoms with Crippen LogP contribution in [0.5, 0.6) is 11.6 Å². The highest BCUT2D eigenvalue weighted by Gasteiger charge is 2.43. The Hall–Kier alpha value is -6.65. The number of hydrogen-bond acceptors (Lipinski definition) is 15. The SMILES string of the molecule is Cc1ncsc1-c1ccc([C@H](C)NC(=O)[C@@H]2C[C@@H](O)CN2C(=O)[C@@H](c2cc(OCCOCCOCCn3cc(C#Cc4cc(-c5ccccc5O)nnc4N)cn3)no2)C(C)C)cc1. The van der Waals surface area contributed by atoms with Crippen LogP contribution in [0.15, 0.2) is 83.1 Å². The second-order valence-corrected chi connectivity index (χ2v) is 16.5. The Morgan fingerprint density at radius 2 is 1.78 bits per heavy atom. The van der Waals surface area contributed by atoms with Crippen LogP contribution in [0, 0.1) is 24.7 Å². The number of hydrogen-bond donors (Lipinski definition) is 4. The number of thiazole rings is 1. The lowest BCUT2D eigenvalue weighted by Gasteiger charge is -2.29.